The number of nitrogens with zero attached hydrogens (tertiary/aromatic N) is 1. The van der Waals surface area contributed by atoms with Gasteiger partial charge in [0.15, 0.2) is 0 Å². The van der Waals surface area contributed by atoms with Crippen LogP contribution in [0.15, 0.2) is 0 Å². The monoisotopic (exact) mass is 232 g/mol. The zero-order chi connectivity index (χ0) is 9.73. The summed E-state index contributed by atoms with van der Waals surface area (Å²) in [6, 6.07) is 0. The van der Waals surface area contributed by atoms with E-state index in [1.54, 1.807) is 0 Å². The molecule has 1 heterocycles. The molecule has 1 aliphatic rings. The first-order valence-electron chi connectivity index (χ1n) is 4.52. The van der Waals surface area contributed by atoms with Crippen LogP contribution in [0.5, 0.6) is 0 Å². The zero-order valence-corrected chi connectivity index (χ0v) is 11.6. The molecule has 5 nitrogen and oxygen atoms in total. The van der Waals surface area contributed by atoms with Gasteiger partial charge in [-0.15, -0.1) is 0 Å². The molecule has 0 unspecified atom stereocenters. The van der Waals surface area contributed by atoms with Gasteiger partial charge in [0.1, 0.15) is 0 Å². The minimum Gasteiger partial charge on any atom is -1.00 e. The Hall–Kier alpha value is 0.830. The molecule has 0 aromatic carbocycles. The van der Waals surface area contributed by atoms with Crippen LogP contribution in [-0.4, -0.2) is 45.4 Å². The largest absolute Gasteiger partial charge is 1.00 e. The van der Waals surface area contributed by atoms with E-state index in [4.69, 9.17) is 4.28 Å². The third-order valence-corrected chi connectivity index (χ3v) is 3.10. The summed E-state index contributed by atoms with van der Waals surface area (Å²) in [7, 11) is -3.33. The summed E-state index contributed by atoms with van der Waals surface area (Å²) in [6.45, 7) is 4.63. The molecule has 80 valence electrons. The van der Waals surface area contributed by atoms with Crippen molar-refractivity contribution in [2.75, 3.05) is 31.9 Å². The standard InChI is InChI=1S/C7H16N2O3S.Na.H/c1-2-7-13(10,11)12-9-5-3-8-4-6-9;;/h8H,2-7H2,1H3;;/q;+1;-1. The zero-order valence-electron chi connectivity index (χ0n) is 9.82. The third-order valence-electron chi connectivity index (χ3n) is 1.75. The molecule has 0 spiro atoms. The summed E-state index contributed by atoms with van der Waals surface area (Å²) in [5.41, 5.74) is 0. The van der Waals surface area contributed by atoms with Gasteiger partial charge < -0.3 is 6.74 Å². The summed E-state index contributed by atoms with van der Waals surface area (Å²) in [5.74, 6) is 0.0942. The van der Waals surface area contributed by atoms with Crippen LogP contribution in [0.1, 0.15) is 14.8 Å². The first-order chi connectivity index (χ1) is 6.14. The van der Waals surface area contributed by atoms with Gasteiger partial charge in [-0.2, -0.15) is 17.8 Å². The van der Waals surface area contributed by atoms with Crippen molar-refractivity contribution in [3.8, 4) is 0 Å². The second-order valence-corrected chi connectivity index (χ2v) is 4.69. The maximum atomic E-state index is 11.2. The Morgan fingerprint density at radius 2 is 2.00 bits per heavy atom. The maximum absolute atomic E-state index is 11.2. The molecular weight excluding hydrogens is 215 g/mol. The SMILES string of the molecule is CCCS(=O)(=O)ON1CCNCC1.[H-].[Na+]. The number of rotatable bonds is 4. The third kappa shape index (κ3) is 5.65. The van der Waals surface area contributed by atoms with Crippen LogP contribution in [0.3, 0.4) is 0 Å². The molecular formula is C7H17N2NaO3S. The predicted octanol–water partition coefficient (Wildman–Crippen LogP) is -3.32. The van der Waals surface area contributed by atoms with Gasteiger partial charge in [-0.3, -0.25) is 0 Å². The number of hydrogen-bond acceptors (Lipinski definition) is 5. The fourth-order valence-corrected chi connectivity index (χ4v) is 2.21. The van der Waals surface area contributed by atoms with Crippen LogP contribution < -0.4 is 34.9 Å². The molecule has 0 radical (unpaired) electrons. The first kappa shape index (κ1) is 14.8. The van der Waals surface area contributed by atoms with Gasteiger partial charge in [0.25, 0.3) is 10.1 Å². The summed E-state index contributed by atoms with van der Waals surface area (Å²) in [5, 5.41) is 4.62. The van der Waals surface area contributed by atoms with E-state index >= 15 is 0 Å². The van der Waals surface area contributed by atoms with Crippen molar-refractivity contribution in [3.63, 3.8) is 0 Å². The van der Waals surface area contributed by atoms with Crippen LogP contribution in [0, 0.1) is 0 Å². The molecule has 0 aromatic heterocycles. The molecule has 14 heavy (non-hydrogen) atoms. The summed E-state index contributed by atoms with van der Waals surface area (Å²) in [4.78, 5) is 0. The van der Waals surface area contributed by atoms with Crippen molar-refractivity contribution in [1.82, 2.24) is 10.4 Å². The van der Waals surface area contributed by atoms with Crippen LogP contribution in [-0.2, 0) is 14.4 Å². The Bertz CT molecular complexity index is 245. The van der Waals surface area contributed by atoms with E-state index in [1.165, 1.54) is 5.06 Å². The quantitative estimate of drug-likeness (QED) is 0.514. The first-order valence-corrected chi connectivity index (χ1v) is 6.10. The predicted molar refractivity (Wildman–Crippen MR) is 50.7 cm³/mol. The van der Waals surface area contributed by atoms with E-state index in [0.717, 1.165) is 13.1 Å². The minimum atomic E-state index is -3.33. The summed E-state index contributed by atoms with van der Waals surface area (Å²) >= 11 is 0. The molecule has 0 bridgehead atoms. The molecule has 1 fully saturated rings. The van der Waals surface area contributed by atoms with E-state index in [0.29, 0.717) is 19.5 Å². The van der Waals surface area contributed by atoms with Crippen LogP contribution >= 0.6 is 0 Å². The Labute approximate surface area is 109 Å². The molecule has 0 saturated carbocycles. The van der Waals surface area contributed by atoms with Crippen LogP contribution in [0.25, 0.3) is 0 Å². The molecule has 1 rings (SSSR count). The van der Waals surface area contributed by atoms with Gasteiger partial charge in [-0.25, -0.2) is 0 Å². The van der Waals surface area contributed by atoms with Crippen molar-refractivity contribution in [2.24, 2.45) is 0 Å². The summed E-state index contributed by atoms with van der Waals surface area (Å²) in [6.07, 6.45) is 0.592. The van der Waals surface area contributed by atoms with Gasteiger partial charge in [0.05, 0.1) is 5.75 Å². The van der Waals surface area contributed by atoms with Gasteiger partial charge in [-0.05, 0) is 6.42 Å². The molecule has 0 atom stereocenters. The van der Waals surface area contributed by atoms with E-state index in [1.807, 2.05) is 6.92 Å². The fraction of sp³-hybridized carbons (Fsp3) is 1.00. The van der Waals surface area contributed by atoms with E-state index in [9.17, 15) is 8.42 Å². The molecule has 1 aliphatic heterocycles. The Kier molecular flexibility index (Phi) is 7.59. The van der Waals surface area contributed by atoms with Crippen molar-refractivity contribution in [3.05, 3.63) is 0 Å². The Morgan fingerprint density at radius 3 is 2.50 bits per heavy atom. The molecule has 1 N–H and O–H groups in total. The topological polar surface area (TPSA) is 58.6 Å². The normalized spacial score (nSPS) is 18.9. The van der Waals surface area contributed by atoms with Crippen molar-refractivity contribution in [1.29, 1.82) is 0 Å². The Morgan fingerprint density at radius 1 is 1.43 bits per heavy atom. The minimum absolute atomic E-state index is 0. The number of piperazine rings is 1. The molecule has 0 amide bonds. The molecule has 7 heteroatoms. The second kappa shape index (κ2) is 7.16. The van der Waals surface area contributed by atoms with Crippen molar-refractivity contribution in [2.45, 2.75) is 13.3 Å². The van der Waals surface area contributed by atoms with Gasteiger partial charge >= 0.3 is 29.6 Å². The number of hydrogen-bond donors (Lipinski definition) is 1. The van der Waals surface area contributed by atoms with Gasteiger partial charge in [-0.1, -0.05) is 6.92 Å². The van der Waals surface area contributed by atoms with E-state index in [-0.39, 0.29) is 36.7 Å². The fourth-order valence-electron chi connectivity index (χ4n) is 1.17. The van der Waals surface area contributed by atoms with Crippen molar-refractivity contribution < 1.29 is 43.7 Å². The molecule has 0 aliphatic carbocycles. The smallest absolute Gasteiger partial charge is 1.00 e. The number of nitrogens with one attached hydrogen (secondary N) is 1. The maximum Gasteiger partial charge on any atom is 1.00 e. The average molecular weight is 232 g/mol. The molecule has 1 saturated heterocycles. The summed E-state index contributed by atoms with van der Waals surface area (Å²) < 4.78 is 27.3. The van der Waals surface area contributed by atoms with Gasteiger partial charge in [0, 0.05) is 26.2 Å². The van der Waals surface area contributed by atoms with E-state index < -0.39 is 10.1 Å². The average Bonchev–Trinajstić information content (AvgIpc) is 2.04. The van der Waals surface area contributed by atoms with Crippen molar-refractivity contribution >= 4 is 10.1 Å². The van der Waals surface area contributed by atoms with Crippen LogP contribution in [0.4, 0.5) is 0 Å². The number of hydroxylamine groups is 2. The van der Waals surface area contributed by atoms with Gasteiger partial charge in [0.2, 0.25) is 0 Å². The van der Waals surface area contributed by atoms with Crippen LogP contribution in [0.2, 0.25) is 0 Å². The second-order valence-electron chi connectivity index (χ2n) is 3.02. The Balaban J connectivity index is 0. The van der Waals surface area contributed by atoms with E-state index in [2.05, 4.69) is 5.32 Å². The molecule has 0 aromatic rings.